The lowest BCUT2D eigenvalue weighted by Crippen LogP contribution is -2.34. The zero-order chi connectivity index (χ0) is 11.0. The van der Waals surface area contributed by atoms with Crippen molar-refractivity contribution in [2.75, 3.05) is 0 Å². The van der Waals surface area contributed by atoms with Gasteiger partial charge in [-0.25, -0.2) is 14.0 Å². The molecule has 1 atom stereocenters. The molecule has 1 aromatic carbocycles. The van der Waals surface area contributed by atoms with Crippen molar-refractivity contribution in [2.45, 2.75) is 12.5 Å². The van der Waals surface area contributed by atoms with Crippen LogP contribution in [0.5, 0.6) is 0 Å². The van der Waals surface area contributed by atoms with E-state index in [0.29, 0.717) is 5.56 Å². The SMILES string of the molecule is O=C1O[C@@H](C(=O)O)Cc2ccc(F)cc21. The third-order valence-corrected chi connectivity index (χ3v) is 2.22. The fourth-order valence-electron chi connectivity index (χ4n) is 1.49. The number of carbonyl (C=O) groups excluding carboxylic acids is 1. The predicted octanol–water partition coefficient (Wildman–Crippen LogP) is 0.992. The van der Waals surface area contributed by atoms with E-state index in [0.717, 1.165) is 6.07 Å². The van der Waals surface area contributed by atoms with E-state index in [1.165, 1.54) is 12.1 Å². The van der Waals surface area contributed by atoms with Gasteiger partial charge in [-0.2, -0.15) is 0 Å². The predicted molar refractivity (Wildman–Crippen MR) is 46.9 cm³/mol. The van der Waals surface area contributed by atoms with Crippen LogP contribution in [0.2, 0.25) is 0 Å². The molecule has 1 heterocycles. The Morgan fingerprint density at radius 3 is 2.93 bits per heavy atom. The maximum atomic E-state index is 12.8. The number of halogens is 1. The molecule has 0 aliphatic carbocycles. The van der Waals surface area contributed by atoms with Gasteiger partial charge >= 0.3 is 11.9 Å². The molecule has 0 saturated heterocycles. The summed E-state index contributed by atoms with van der Waals surface area (Å²) in [6, 6.07) is 3.65. The number of benzene rings is 1. The zero-order valence-electron chi connectivity index (χ0n) is 7.57. The summed E-state index contributed by atoms with van der Waals surface area (Å²) in [6.07, 6.45) is -1.09. The van der Waals surface area contributed by atoms with E-state index in [2.05, 4.69) is 4.74 Å². The first-order valence-electron chi connectivity index (χ1n) is 4.30. The molecule has 5 heteroatoms. The van der Waals surface area contributed by atoms with Gasteiger partial charge in [-0.1, -0.05) is 6.07 Å². The number of rotatable bonds is 1. The standard InChI is InChI=1S/C10H7FO4/c11-6-2-1-5-3-8(9(12)13)15-10(14)7(5)4-6/h1-2,4,8H,3H2,(H,12,13)/t8-/m1/s1. The van der Waals surface area contributed by atoms with Crippen molar-refractivity contribution in [1.82, 2.24) is 0 Å². The maximum Gasteiger partial charge on any atom is 0.345 e. The van der Waals surface area contributed by atoms with Gasteiger partial charge in [0.1, 0.15) is 5.82 Å². The number of esters is 1. The number of ether oxygens (including phenoxy) is 1. The number of aliphatic carboxylic acids is 1. The fourth-order valence-corrected chi connectivity index (χ4v) is 1.49. The lowest BCUT2D eigenvalue weighted by atomic mass is 9.98. The number of hydrogen-bond donors (Lipinski definition) is 1. The van der Waals surface area contributed by atoms with Crippen LogP contribution in [0.4, 0.5) is 4.39 Å². The molecule has 15 heavy (non-hydrogen) atoms. The van der Waals surface area contributed by atoms with E-state index < -0.39 is 23.9 Å². The second-order valence-corrected chi connectivity index (χ2v) is 3.24. The number of cyclic esters (lactones) is 1. The van der Waals surface area contributed by atoms with Gasteiger partial charge in [-0.3, -0.25) is 0 Å². The largest absolute Gasteiger partial charge is 0.478 e. The Balaban J connectivity index is 2.41. The van der Waals surface area contributed by atoms with Crippen molar-refractivity contribution < 1.29 is 23.8 Å². The van der Waals surface area contributed by atoms with Gasteiger partial charge in [0.15, 0.2) is 0 Å². The van der Waals surface area contributed by atoms with Crippen LogP contribution < -0.4 is 0 Å². The summed E-state index contributed by atoms with van der Waals surface area (Å²) in [5, 5.41) is 8.68. The van der Waals surface area contributed by atoms with Crippen molar-refractivity contribution in [3.8, 4) is 0 Å². The fraction of sp³-hybridized carbons (Fsp3) is 0.200. The first kappa shape index (κ1) is 9.64. The molecule has 0 bridgehead atoms. The summed E-state index contributed by atoms with van der Waals surface area (Å²) in [7, 11) is 0. The van der Waals surface area contributed by atoms with Crippen LogP contribution >= 0.6 is 0 Å². The Morgan fingerprint density at radius 2 is 2.27 bits per heavy atom. The normalized spacial score (nSPS) is 19.3. The number of carbonyl (C=O) groups is 2. The molecule has 1 aliphatic rings. The zero-order valence-corrected chi connectivity index (χ0v) is 7.57. The molecule has 2 rings (SSSR count). The number of fused-ring (bicyclic) bond motifs is 1. The van der Waals surface area contributed by atoms with Crippen LogP contribution in [0.25, 0.3) is 0 Å². The third-order valence-electron chi connectivity index (χ3n) is 2.22. The number of carboxylic acid groups (broad SMARTS) is 1. The van der Waals surface area contributed by atoms with Crippen molar-refractivity contribution in [3.05, 3.63) is 35.1 Å². The molecule has 1 aliphatic heterocycles. The smallest absolute Gasteiger partial charge is 0.345 e. The van der Waals surface area contributed by atoms with Crippen molar-refractivity contribution in [1.29, 1.82) is 0 Å². The van der Waals surface area contributed by atoms with E-state index in [1.54, 1.807) is 0 Å². The van der Waals surface area contributed by atoms with Gasteiger partial charge in [0.25, 0.3) is 0 Å². The second-order valence-electron chi connectivity index (χ2n) is 3.24. The van der Waals surface area contributed by atoms with E-state index in [4.69, 9.17) is 5.11 Å². The highest BCUT2D eigenvalue weighted by atomic mass is 19.1. The first-order valence-corrected chi connectivity index (χ1v) is 4.30. The molecule has 1 N–H and O–H groups in total. The van der Waals surface area contributed by atoms with Crippen LogP contribution in [0, 0.1) is 5.82 Å². The van der Waals surface area contributed by atoms with Gasteiger partial charge in [0.05, 0.1) is 5.56 Å². The Labute approximate surface area is 84.3 Å². The third kappa shape index (κ3) is 1.68. The van der Waals surface area contributed by atoms with E-state index in [-0.39, 0.29) is 12.0 Å². The highest BCUT2D eigenvalue weighted by Crippen LogP contribution is 2.21. The molecule has 4 nitrogen and oxygen atoms in total. The Kier molecular flexibility index (Phi) is 2.15. The highest BCUT2D eigenvalue weighted by molar-refractivity contribution is 5.94. The average Bonchev–Trinajstić information content (AvgIpc) is 2.18. The Hall–Kier alpha value is -1.91. The first-order chi connectivity index (χ1) is 7.08. The van der Waals surface area contributed by atoms with Crippen LogP contribution in [0.1, 0.15) is 15.9 Å². The minimum Gasteiger partial charge on any atom is -0.478 e. The molecule has 1 aromatic rings. The maximum absolute atomic E-state index is 12.8. The molecule has 0 radical (unpaired) electrons. The molecule has 0 spiro atoms. The minimum absolute atomic E-state index is 0.0800. The van der Waals surface area contributed by atoms with E-state index in [9.17, 15) is 14.0 Å². The molecule has 78 valence electrons. The van der Waals surface area contributed by atoms with Crippen LogP contribution in [0.3, 0.4) is 0 Å². The second kappa shape index (κ2) is 3.34. The minimum atomic E-state index is -1.20. The summed E-state index contributed by atoms with van der Waals surface area (Å²) in [5.41, 5.74) is 0.604. The van der Waals surface area contributed by atoms with Crippen LogP contribution in [-0.2, 0) is 16.0 Å². The monoisotopic (exact) mass is 210 g/mol. The lowest BCUT2D eigenvalue weighted by Gasteiger charge is -2.21. The Bertz CT molecular complexity index is 441. The van der Waals surface area contributed by atoms with Crippen molar-refractivity contribution >= 4 is 11.9 Å². The topological polar surface area (TPSA) is 63.6 Å². The van der Waals surface area contributed by atoms with E-state index >= 15 is 0 Å². The van der Waals surface area contributed by atoms with E-state index in [1.807, 2.05) is 0 Å². The van der Waals surface area contributed by atoms with Gasteiger partial charge in [0.2, 0.25) is 6.10 Å². The molecule has 0 unspecified atom stereocenters. The van der Waals surface area contributed by atoms with Crippen molar-refractivity contribution in [3.63, 3.8) is 0 Å². The molecule has 0 saturated carbocycles. The molecular formula is C10H7FO4. The van der Waals surface area contributed by atoms with Gasteiger partial charge in [-0.15, -0.1) is 0 Å². The quantitative estimate of drug-likeness (QED) is 0.702. The van der Waals surface area contributed by atoms with Gasteiger partial charge in [0, 0.05) is 6.42 Å². The Morgan fingerprint density at radius 1 is 1.53 bits per heavy atom. The average molecular weight is 210 g/mol. The van der Waals surface area contributed by atoms with Crippen molar-refractivity contribution in [2.24, 2.45) is 0 Å². The van der Waals surface area contributed by atoms with Gasteiger partial charge in [-0.05, 0) is 17.7 Å². The summed E-state index contributed by atoms with van der Waals surface area (Å²) in [6.45, 7) is 0. The highest BCUT2D eigenvalue weighted by Gasteiger charge is 2.31. The molecule has 0 amide bonds. The summed E-state index contributed by atoms with van der Waals surface area (Å²) >= 11 is 0. The number of carboxylic acids is 1. The van der Waals surface area contributed by atoms with Crippen LogP contribution in [-0.4, -0.2) is 23.1 Å². The van der Waals surface area contributed by atoms with Gasteiger partial charge < -0.3 is 9.84 Å². The summed E-state index contributed by atoms with van der Waals surface area (Å²) in [5.74, 6) is -2.53. The molecular weight excluding hydrogens is 203 g/mol. The lowest BCUT2D eigenvalue weighted by molar-refractivity contribution is -0.147. The summed E-state index contributed by atoms with van der Waals surface area (Å²) < 4.78 is 17.4. The number of hydrogen-bond acceptors (Lipinski definition) is 3. The molecule has 0 fully saturated rings. The summed E-state index contributed by atoms with van der Waals surface area (Å²) in [4.78, 5) is 21.9. The molecule has 0 aromatic heterocycles. The van der Waals surface area contributed by atoms with Crippen LogP contribution in [0.15, 0.2) is 18.2 Å².